The lowest BCUT2D eigenvalue weighted by atomic mass is 10.3. The summed E-state index contributed by atoms with van der Waals surface area (Å²) in [5.41, 5.74) is 6.38. The number of hydrogen-bond donors (Lipinski definition) is 2. The third kappa shape index (κ3) is 3.06. The first-order chi connectivity index (χ1) is 5.43. The van der Waals surface area contributed by atoms with Gasteiger partial charge in [0.25, 0.3) is 0 Å². The van der Waals surface area contributed by atoms with E-state index in [1.807, 2.05) is 0 Å². The summed E-state index contributed by atoms with van der Waals surface area (Å²) in [6.07, 6.45) is 5.10. The number of nitrogens with two attached hydrogens (primary N) is 1. The molecule has 3 N–H and O–H groups in total. The predicted molar refractivity (Wildman–Crippen MR) is 42.8 cm³/mol. The molecule has 0 atom stereocenters. The van der Waals surface area contributed by atoms with Gasteiger partial charge < -0.3 is 11.1 Å². The van der Waals surface area contributed by atoms with Crippen LogP contribution in [0.1, 0.15) is 5.56 Å². The van der Waals surface area contributed by atoms with Crippen molar-refractivity contribution in [2.24, 2.45) is 5.73 Å². The van der Waals surface area contributed by atoms with Gasteiger partial charge in [0.1, 0.15) is 6.33 Å². The normalized spacial score (nSPS) is 9.91. The van der Waals surface area contributed by atoms with Gasteiger partial charge in [0.05, 0.1) is 0 Å². The Morgan fingerprint density at radius 3 is 2.73 bits per heavy atom. The second-order valence-electron chi connectivity index (χ2n) is 2.21. The molecule has 0 radical (unpaired) electrons. The van der Waals surface area contributed by atoms with E-state index in [2.05, 4.69) is 15.3 Å². The van der Waals surface area contributed by atoms with Crippen molar-refractivity contribution < 1.29 is 0 Å². The number of aromatic nitrogens is 2. The van der Waals surface area contributed by atoms with E-state index in [1.165, 1.54) is 6.33 Å². The molecule has 1 heterocycles. The van der Waals surface area contributed by atoms with Gasteiger partial charge in [-0.1, -0.05) is 0 Å². The van der Waals surface area contributed by atoms with Crippen LogP contribution in [0.2, 0.25) is 0 Å². The van der Waals surface area contributed by atoms with Crippen molar-refractivity contribution in [3.63, 3.8) is 0 Å². The summed E-state index contributed by atoms with van der Waals surface area (Å²) in [4.78, 5) is 7.76. The molecule has 0 aromatic carbocycles. The predicted octanol–water partition coefficient (Wildman–Crippen LogP) is -0.475. The molecule has 0 saturated carbocycles. The minimum absolute atomic E-state index is 0.660. The molecule has 0 bridgehead atoms. The Morgan fingerprint density at radius 2 is 2.09 bits per heavy atom. The van der Waals surface area contributed by atoms with Crippen LogP contribution in [0.3, 0.4) is 0 Å². The van der Waals surface area contributed by atoms with Crippen LogP contribution in [0.5, 0.6) is 0 Å². The largest absolute Gasteiger partial charge is 0.329 e. The molecule has 0 amide bonds. The minimum atomic E-state index is 0.660. The van der Waals surface area contributed by atoms with Crippen molar-refractivity contribution in [3.05, 3.63) is 24.3 Å². The fraction of sp³-hybridized carbons (Fsp3) is 0.429. The maximum absolute atomic E-state index is 5.30. The monoisotopic (exact) mass is 152 g/mol. The maximum atomic E-state index is 5.30. The molecule has 0 fully saturated rings. The van der Waals surface area contributed by atoms with Gasteiger partial charge in [-0.25, -0.2) is 9.97 Å². The number of hydrogen-bond acceptors (Lipinski definition) is 4. The first kappa shape index (κ1) is 8.10. The summed E-state index contributed by atoms with van der Waals surface area (Å²) < 4.78 is 0. The van der Waals surface area contributed by atoms with Crippen LogP contribution in [0.25, 0.3) is 0 Å². The third-order valence-electron chi connectivity index (χ3n) is 1.26. The van der Waals surface area contributed by atoms with Crippen molar-refractivity contribution in [3.8, 4) is 0 Å². The van der Waals surface area contributed by atoms with E-state index < -0.39 is 0 Å². The lowest BCUT2D eigenvalue weighted by Gasteiger charge is -2.00. The third-order valence-corrected chi connectivity index (χ3v) is 1.26. The summed E-state index contributed by atoms with van der Waals surface area (Å²) >= 11 is 0. The zero-order valence-electron chi connectivity index (χ0n) is 6.33. The molecular formula is C7H12N4. The molecule has 0 saturated heterocycles. The Balaban J connectivity index is 2.28. The minimum Gasteiger partial charge on any atom is -0.329 e. The fourth-order valence-electron chi connectivity index (χ4n) is 0.756. The van der Waals surface area contributed by atoms with Gasteiger partial charge in [0.2, 0.25) is 0 Å². The van der Waals surface area contributed by atoms with E-state index in [9.17, 15) is 0 Å². The van der Waals surface area contributed by atoms with Gasteiger partial charge >= 0.3 is 0 Å². The van der Waals surface area contributed by atoms with Crippen LogP contribution in [0.4, 0.5) is 0 Å². The second-order valence-corrected chi connectivity index (χ2v) is 2.21. The van der Waals surface area contributed by atoms with Crippen molar-refractivity contribution in [2.75, 3.05) is 13.1 Å². The van der Waals surface area contributed by atoms with Crippen molar-refractivity contribution in [2.45, 2.75) is 6.54 Å². The molecule has 1 aromatic rings. The zero-order valence-corrected chi connectivity index (χ0v) is 6.33. The number of nitrogens with zero attached hydrogens (tertiary/aromatic N) is 2. The molecule has 4 heteroatoms. The van der Waals surface area contributed by atoms with Gasteiger partial charge in [-0.05, 0) is 0 Å². The van der Waals surface area contributed by atoms with Gasteiger partial charge in [-0.2, -0.15) is 0 Å². The summed E-state index contributed by atoms with van der Waals surface area (Å²) in [6, 6.07) is 0. The highest BCUT2D eigenvalue weighted by atomic mass is 14.9. The van der Waals surface area contributed by atoms with E-state index in [-0.39, 0.29) is 0 Å². The first-order valence-electron chi connectivity index (χ1n) is 3.58. The van der Waals surface area contributed by atoms with Crippen molar-refractivity contribution in [1.29, 1.82) is 0 Å². The molecule has 0 aliphatic heterocycles. The summed E-state index contributed by atoms with van der Waals surface area (Å²) in [7, 11) is 0. The molecule has 60 valence electrons. The van der Waals surface area contributed by atoms with Crippen LogP contribution in [-0.2, 0) is 6.54 Å². The lowest BCUT2D eigenvalue weighted by Crippen LogP contribution is -2.21. The molecule has 11 heavy (non-hydrogen) atoms. The lowest BCUT2D eigenvalue weighted by molar-refractivity contribution is 0.690. The highest BCUT2D eigenvalue weighted by Crippen LogP contribution is 1.89. The molecule has 0 aliphatic rings. The van der Waals surface area contributed by atoms with Gasteiger partial charge in [0.15, 0.2) is 0 Å². The average molecular weight is 152 g/mol. The molecule has 0 spiro atoms. The summed E-state index contributed by atoms with van der Waals surface area (Å²) in [6.45, 7) is 2.28. The SMILES string of the molecule is NCCNCc1cncnc1. The van der Waals surface area contributed by atoms with Crippen LogP contribution in [-0.4, -0.2) is 23.1 Å². The topological polar surface area (TPSA) is 63.8 Å². The highest BCUT2D eigenvalue weighted by molar-refractivity contribution is 5.01. The summed E-state index contributed by atoms with van der Waals surface area (Å²) in [5.74, 6) is 0. The van der Waals surface area contributed by atoms with Gasteiger partial charge in [-0.15, -0.1) is 0 Å². The van der Waals surface area contributed by atoms with Gasteiger partial charge in [0, 0.05) is 37.6 Å². The molecule has 0 aliphatic carbocycles. The van der Waals surface area contributed by atoms with E-state index in [0.717, 1.165) is 18.7 Å². The smallest absolute Gasteiger partial charge is 0.115 e. The Hall–Kier alpha value is -1.00. The van der Waals surface area contributed by atoms with E-state index >= 15 is 0 Å². The van der Waals surface area contributed by atoms with E-state index in [0.29, 0.717) is 6.54 Å². The van der Waals surface area contributed by atoms with Crippen LogP contribution >= 0.6 is 0 Å². The van der Waals surface area contributed by atoms with Crippen LogP contribution < -0.4 is 11.1 Å². The molecule has 1 rings (SSSR count). The Labute approximate surface area is 65.9 Å². The Kier molecular flexibility index (Phi) is 3.51. The standard InChI is InChI=1S/C7H12N4/c8-1-2-9-3-7-4-10-6-11-5-7/h4-6,9H,1-3,8H2. The number of nitrogens with one attached hydrogen (secondary N) is 1. The fourth-order valence-corrected chi connectivity index (χ4v) is 0.756. The zero-order chi connectivity index (χ0) is 7.94. The Bertz CT molecular complexity index is 187. The first-order valence-corrected chi connectivity index (χ1v) is 3.58. The van der Waals surface area contributed by atoms with Crippen molar-refractivity contribution >= 4 is 0 Å². The number of rotatable bonds is 4. The quantitative estimate of drug-likeness (QED) is 0.572. The molecule has 0 unspecified atom stereocenters. The van der Waals surface area contributed by atoms with Crippen LogP contribution in [0.15, 0.2) is 18.7 Å². The van der Waals surface area contributed by atoms with E-state index in [1.54, 1.807) is 12.4 Å². The highest BCUT2D eigenvalue weighted by Gasteiger charge is 1.89. The molecule has 1 aromatic heterocycles. The average Bonchev–Trinajstić information content (AvgIpc) is 2.07. The van der Waals surface area contributed by atoms with E-state index in [4.69, 9.17) is 5.73 Å². The maximum Gasteiger partial charge on any atom is 0.115 e. The molecular weight excluding hydrogens is 140 g/mol. The van der Waals surface area contributed by atoms with Crippen LogP contribution in [0, 0.1) is 0 Å². The van der Waals surface area contributed by atoms with Crippen molar-refractivity contribution in [1.82, 2.24) is 15.3 Å². The summed E-state index contributed by atoms with van der Waals surface area (Å²) in [5, 5.41) is 3.15. The van der Waals surface area contributed by atoms with Gasteiger partial charge in [-0.3, -0.25) is 0 Å². The Morgan fingerprint density at radius 1 is 1.36 bits per heavy atom. The molecule has 4 nitrogen and oxygen atoms in total. The second kappa shape index (κ2) is 4.76.